The molecule has 0 bridgehead atoms. The van der Waals surface area contributed by atoms with Crippen LogP contribution in [0.15, 0.2) is 39.3 Å². The monoisotopic (exact) mass is 378 g/mol. The molecular formula is C15H12Br2N2. The number of halogens is 2. The second-order valence-corrected chi connectivity index (χ2v) is 6.12. The Morgan fingerprint density at radius 3 is 2.21 bits per heavy atom. The van der Waals surface area contributed by atoms with Crippen LogP contribution in [0.2, 0.25) is 0 Å². The lowest BCUT2D eigenvalue weighted by Crippen LogP contribution is -1.96. The normalized spacial score (nSPS) is 10.1. The lowest BCUT2D eigenvalue weighted by Gasteiger charge is -2.14. The molecule has 0 atom stereocenters. The molecule has 0 amide bonds. The molecular weight excluding hydrogens is 368 g/mol. The number of benzene rings is 2. The van der Waals surface area contributed by atoms with Gasteiger partial charge in [0.25, 0.3) is 0 Å². The van der Waals surface area contributed by atoms with Crippen molar-refractivity contribution in [1.29, 1.82) is 5.26 Å². The quantitative estimate of drug-likeness (QED) is 0.753. The first-order valence-electron chi connectivity index (χ1n) is 5.74. The van der Waals surface area contributed by atoms with Crippen molar-refractivity contribution in [3.8, 4) is 6.07 Å². The molecule has 0 radical (unpaired) electrons. The van der Waals surface area contributed by atoms with E-state index in [1.807, 2.05) is 12.1 Å². The third-order valence-electron chi connectivity index (χ3n) is 2.86. The summed E-state index contributed by atoms with van der Waals surface area (Å²) in [5, 5.41) is 12.3. The number of hydrogen-bond donors (Lipinski definition) is 1. The summed E-state index contributed by atoms with van der Waals surface area (Å²) in [5.74, 6) is 0. The van der Waals surface area contributed by atoms with Crippen LogP contribution in [0.4, 0.5) is 11.4 Å². The minimum Gasteiger partial charge on any atom is -0.355 e. The third kappa shape index (κ3) is 3.17. The summed E-state index contributed by atoms with van der Waals surface area (Å²) in [5.41, 5.74) is 5.04. The topological polar surface area (TPSA) is 35.8 Å². The van der Waals surface area contributed by atoms with Gasteiger partial charge in [0, 0.05) is 20.3 Å². The van der Waals surface area contributed by atoms with E-state index in [9.17, 15) is 0 Å². The molecule has 0 heterocycles. The Hall–Kier alpha value is -1.31. The molecule has 2 nitrogen and oxygen atoms in total. The van der Waals surface area contributed by atoms with Gasteiger partial charge >= 0.3 is 0 Å². The van der Waals surface area contributed by atoms with Gasteiger partial charge in [0.15, 0.2) is 0 Å². The first-order valence-corrected chi connectivity index (χ1v) is 7.33. The molecule has 0 aliphatic carbocycles. The standard InChI is InChI=1S/C15H12Br2N2/c1-9-5-12(16)6-10(2)15(9)19-13-4-3-11(8-18)14(17)7-13/h3-7,19H,1-2H3. The number of rotatable bonds is 2. The van der Waals surface area contributed by atoms with Gasteiger partial charge < -0.3 is 5.32 Å². The second kappa shape index (κ2) is 5.77. The van der Waals surface area contributed by atoms with E-state index in [4.69, 9.17) is 5.26 Å². The van der Waals surface area contributed by atoms with Crippen molar-refractivity contribution in [3.63, 3.8) is 0 Å². The molecule has 2 aromatic carbocycles. The van der Waals surface area contributed by atoms with Crippen molar-refractivity contribution in [3.05, 3.63) is 56.0 Å². The molecule has 19 heavy (non-hydrogen) atoms. The minimum atomic E-state index is 0.634. The van der Waals surface area contributed by atoms with Gasteiger partial charge in [0.1, 0.15) is 6.07 Å². The first-order chi connectivity index (χ1) is 9.01. The molecule has 0 aliphatic rings. The predicted molar refractivity (Wildman–Crippen MR) is 85.8 cm³/mol. The number of nitrogens with zero attached hydrogens (tertiary/aromatic N) is 1. The number of hydrogen-bond acceptors (Lipinski definition) is 2. The zero-order valence-corrected chi connectivity index (χ0v) is 13.8. The smallest absolute Gasteiger partial charge is 0.100 e. The average molecular weight is 380 g/mol. The van der Waals surface area contributed by atoms with Gasteiger partial charge in [0.05, 0.1) is 5.56 Å². The van der Waals surface area contributed by atoms with E-state index in [1.54, 1.807) is 6.07 Å². The number of nitrogens with one attached hydrogen (secondary N) is 1. The van der Waals surface area contributed by atoms with Gasteiger partial charge in [-0.25, -0.2) is 0 Å². The Balaban J connectivity index is 2.37. The predicted octanol–water partition coefficient (Wildman–Crippen LogP) is 5.44. The Bertz CT molecular complexity index is 649. The van der Waals surface area contributed by atoms with E-state index in [0.29, 0.717) is 5.56 Å². The lowest BCUT2D eigenvalue weighted by molar-refractivity contribution is 1.34. The van der Waals surface area contributed by atoms with Crippen LogP contribution in [0, 0.1) is 25.2 Å². The van der Waals surface area contributed by atoms with Gasteiger partial charge in [0.2, 0.25) is 0 Å². The summed E-state index contributed by atoms with van der Waals surface area (Å²) in [6.45, 7) is 4.14. The molecule has 0 fully saturated rings. The third-order valence-corrected chi connectivity index (χ3v) is 3.97. The summed E-state index contributed by atoms with van der Waals surface area (Å²) < 4.78 is 1.88. The SMILES string of the molecule is Cc1cc(Br)cc(C)c1Nc1ccc(C#N)c(Br)c1. The van der Waals surface area contributed by atoms with E-state index < -0.39 is 0 Å². The molecule has 2 rings (SSSR count). The van der Waals surface area contributed by atoms with Crippen molar-refractivity contribution >= 4 is 43.2 Å². The van der Waals surface area contributed by atoms with Crippen LogP contribution in [0.1, 0.15) is 16.7 Å². The van der Waals surface area contributed by atoms with Crippen LogP contribution in [0.5, 0.6) is 0 Å². The van der Waals surface area contributed by atoms with E-state index in [0.717, 1.165) is 20.3 Å². The van der Waals surface area contributed by atoms with Crippen LogP contribution in [-0.2, 0) is 0 Å². The second-order valence-electron chi connectivity index (χ2n) is 4.35. The molecule has 4 heteroatoms. The highest BCUT2D eigenvalue weighted by molar-refractivity contribution is 9.10. The summed E-state index contributed by atoms with van der Waals surface area (Å²) in [4.78, 5) is 0. The zero-order chi connectivity index (χ0) is 14.0. The lowest BCUT2D eigenvalue weighted by atomic mass is 10.1. The van der Waals surface area contributed by atoms with Crippen LogP contribution in [0.3, 0.4) is 0 Å². The highest BCUT2D eigenvalue weighted by atomic mass is 79.9. The van der Waals surface area contributed by atoms with E-state index >= 15 is 0 Å². The van der Waals surface area contributed by atoms with Crippen molar-refractivity contribution in [2.45, 2.75) is 13.8 Å². The fourth-order valence-corrected chi connectivity index (χ4v) is 3.09. The number of aryl methyl sites for hydroxylation is 2. The van der Waals surface area contributed by atoms with Gasteiger partial charge in [-0.05, 0) is 71.2 Å². The average Bonchev–Trinajstić information content (AvgIpc) is 2.34. The highest BCUT2D eigenvalue weighted by Crippen LogP contribution is 2.29. The molecule has 0 saturated heterocycles. The first kappa shape index (κ1) is 14.1. The molecule has 1 N–H and O–H groups in total. The molecule has 2 aromatic rings. The number of anilines is 2. The Morgan fingerprint density at radius 1 is 1.05 bits per heavy atom. The fraction of sp³-hybridized carbons (Fsp3) is 0.133. The summed E-state index contributed by atoms with van der Waals surface area (Å²) in [7, 11) is 0. The maximum atomic E-state index is 8.91. The molecule has 0 saturated carbocycles. The van der Waals surface area contributed by atoms with Crippen LogP contribution >= 0.6 is 31.9 Å². The van der Waals surface area contributed by atoms with E-state index in [-0.39, 0.29) is 0 Å². The van der Waals surface area contributed by atoms with Gasteiger partial charge in [-0.3, -0.25) is 0 Å². The van der Waals surface area contributed by atoms with Crippen molar-refractivity contribution in [2.75, 3.05) is 5.32 Å². The van der Waals surface area contributed by atoms with Crippen LogP contribution < -0.4 is 5.32 Å². The molecule has 0 unspecified atom stereocenters. The maximum Gasteiger partial charge on any atom is 0.100 e. The molecule has 96 valence electrons. The maximum absolute atomic E-state index is 8.91. The largest absolute Gasteiger partial charge is 0.355 e. The Labute approximate surface area is 129 Å². The van der Waals surface area contributed by atoms with Crippen molar-refractivity contribution < 1.29 is 0 Å². The van der Waals surface area contributed by atoms with Crippen molar-refractivity contribution in [1.82, 2.24) is 0 Å². The van der Waals surface area contributed by atoms with E-state index in [2.05, 4.69) is 69.2 Å². The zero-order valence-electron chi connectivity index (χ0n) is 10.6. The van der Waals surface area contributed by atoms with Gasteiger partial charge in [-0.1, -0.05) is 15.9 Å². The molecule has 0 aliphatic heterocycles. The molecule has 0 aromatic heterocycles. The van der Waals surface area contributed by atoms with Gasteiger partial charge in [-0.15, -0.1) is 0 Å². The molecule has 0 spiro atoms. The van der Waals surface area contributed by atoms with Crippen LogP contribution in [0.25, 0.3) is 0 Å². The summed E-state index contributed by atoms with van der Waals surface area (Å²) >= 11 is 6.89. The Kier molecular flexibility index (Phi) is 4.28. The van der Waals surface area contributed by atoms with Crippen LogP contribution in [-0.4, -0.2) is 0 Å². The summed E-state index contributed by atoms with van der Waals surface area (Å²) in [6.07, 6.45) is 0. The van der Waals surface area contributed by atoms with Crippen molar-refractivity contribution in [2.24, 2.45) is 0 Å². The fourth-order valence-electron chi connectivity index (χ4n) is 1.94. The van der Waals surface area contributed by atoms with E-state index in [1.165, 1.54) is 11.1 Å². The minimum absolute atomic E-state index is 0.634. The summed E-state index contributed by atoms with van der Waals surface area (Å²) in [6, 6.07) is 11.9. The highest BCUT2D eigenvalue weighted by Gasteiger charge is 2.06. The Morgan fingerprint density at radius 2 is 1.68 bits per heavy atom. The van der Waals surface area contributed by atoms with Gasteiger partial charge in [-0.2, -0.15) is 5.26 Å². The number of nitriles is 1.